The average Bonchev–Trinajstić information content (AvgIpc) is 2.58. The second-order valence-corrected chi connectivity index (χ2v) is 12.1. The monoisotopic (exact) mass is 308 g/mol. The molecule has 2 rings (SSSR count). The summed E-state index contributed by atoms with van der Waals surface area (Å²) in [7, 11) is -1.54. The number of halogens is 1. The molecule has 1 aromatic carbocycles. The number of hydrogen-bond acceptors (Lipinski definition) is 0. The number of hydrogen-bond donors (Lipinski definition) is 0. The molecule has 0 N–H and O–H groups in total. The van der Waals surface area contributed by atoms with Crippen LogP contribution in [0.1, 0.15) is 20.8 Å². The Bertz CT molecular complexity index is 549. The third-order valence-electron chi connectivity index (χ3n) is 4.00. The lowest BCUT2D eigenvalue weighted by molar-refractivity contribution is 0.703. The van der Waals surface area contributed by atoms with Gasteiger partial charge in [0.2, 0.25) is 0 Å². The predicted octanol–water partition coefficient (Wildman–Crippen LogP) is 5.06. The second kappa shape index (κ2) is 3.99. The van der Waals surface area contributed by atoms with Crippen LogP contribution >= 0.6 is 15.9 Å². The van der Waals surface area contributed by atoms with E-state index in [-0.39, 0.29) is 0 Å². The molecule has 17 heavy (non-hydrogen) atoms. The second-order valence-electron chi connectivity index (χ2n) is 6.11. The quantitative estimate of drug-likeness (QED) is 0.649. The molecule has 1 aromatic heterocycles. The predicted molar refractivity (Wildman–Crippen MR) is 81.1 cm³/mol. The molecule has 0 amide bonds. The Morgan fingerprint density at radius 3 is 2.47 bits per heavy atom. The third-order valence-corrected chi connectivity index (χ3v) is 9.74. The van der Waals surface area contributed by atoms with Crippen molar-refractivity contribution in [2.45, 2.75) is 38.9 Å². The Hall–Kier alpha value is -0.543. The van der Waals surface area contributed by atoms with Crippen molar-refractivity contribution in [3.8, 4) is 0 Å². The standard InChI is InChI=1S/C14H19BrNSi/c1-14(2,3)17(4,5)16-9-8-11-10-12(15)6-7-13(11)16/h6-7,9-10H,1-5H3. The zero-order valence-corrected chi connectivity index (χ0v) is 13.7. The minimum absolute atomic E-state index is 0.333. The lowest BCUT2D eigenvalue weighted by Gasteiger charge is -2.38. The Labute approximate surface area is 113 Å². The van der Waals surface area contributed by atoms with Crippen molar-refractivity contribution in [2.24, 2.45) is 0 Å². The maximum absolute atomic E-state index is 3.51. The maximum Gasteiger partial charge on any atom is 0.161 e. The first-order chi connectivity index (χ1) is 7.73. The smallest absolute Gasteiger partial charge is 0.161 e. The highest BCUT2D eigenvalue weighted by atomic mass is 79.9. The first kappa shape index (κ1) is 12.9. The molecule has 1 nitrogen and oxygen atoms in total. The summed E-state index contributed by atoms with van der Waals surface area (Å²) in [5.74, 6) is 0. The van der Waals surface area contributed by atoms with Crippen LogP contribution < -0.4 is 0 Å². The van der Waals surface area contributed by atoms with Crippen LogP contribution in [-0.2, 0) is 0 Å². The molecule has 0 saturated carbocycles. The highest BCUT2D eigenvalue weighted by Crippen LogP contribution is 2.38. The molecule has 0 unspecified atom stereocenters. The van der Waals surface area contributed by atoms with Gasteiger partial charge in [-0.2, -0.15) is 0 Å². The fourth-order valence-electron chi connectivity index (χ4n) is 1.86. The number of nitrogens with zero attached hydrogens (tertiary/aromatic N) is 1. The number of rotatable bonds is 1. The van der Waals surface area contributed by atoms with Gasteiger partial charge in [-0.15, -0.1) is 0 Å². The van der Waals surface area contributed by atoms with Crippen LogP contribution in [0.3, 0.4) is 0 Å². The van der Waals surface area contributed by atoms with Crippen LogP contribution in [0.4, 0.5) is 0 Å². The van der Waals surface area contributed by atoms with Gasteiger partial charge in [0.25, 0.3) is 0 Å². The summed E-state index contributed by atoms with van der Waals surface area (Å²) in [6.07, 6.45) is 2.13. The van der Waals surface area contributed by atoms with E-state index in [2.05, 4.69) is 84.5 Å². The van der Waals surface area contributed by atoms with Crippen molar-refractivity contribution >= 4 is 35.1 Å². The van der Waals surface area contributed by atoms with Gasteiger partial charge in [0, 0.05) is 27.6 Å². The molecule has 0 aliphatic heterocycles. The molecular weight excluding hydrogens is 290 g/mol. The lowest BCUT2D eigenvalue weighted by Crippen LogP contribution is -2.44. The van der Waals surface area contributed by atoms with Crippen molar-refractivity contribution in [1.82, 2.24) is 4.23 Å². The van der Waals surface area contributed by atoms with E-state index in [1.807, 2.05) is 0 Å². The molecule has 91 valence electrons. The topological polar surface area (TPSA) is 4.93 Å². The van der Waals surface area contributed by atoms with Crippen LogP contribution in [0.15, 0.2) is 28.9 Å². The SMILES string of the molecule is CC(C)(C)[Si](C)(C)n1c[c]c2cc(Br)ccc21. The molecule has 0 atom stereocenters. The summed E-state index contributed by atoms with van der Waals surface area (Å²) in [4.78, 5) is 0. The molecule has 3 heteroatoms. The fourth-order valence-corrected chi connectivity index (χ4v) is 4.13. The Morgan fingerprint density at radius 1 is 1.24 bits per heavy atom. The number of aromatic nitrogens is 1. The van der Waals surface area contributed by atoms with E-state index in [9.17, 15) is 0 Å². The van der Waals surface area contributed by atoms with Crippen molar-refractivity contribution in [1.29, 1.82) is 0 Å². The van der Waals surface area contributed by atoms with Crippen LogP contribution in [0.5, 0.6) is 0 Å². The summed E-state index contributed by atoms with van der Waals surface area (Å²) in [5.41, 5.74) is 1.31. The number of fused-ring (bicyclic) bond motifs is 1. The summed E-state index contributed by atoms with van der Waals surface area (Å²) in [6.45, 7) is 11.8. The molecule has 0 aliphatic carbocycles. The van der Waals surface area contributed by atoms with Gasteiger partial charge in [0.05, 0.1) is 0 Å². The van der Waals surface area contributed by atoms with Crippen molar-refractivity contribution in [3.05, 3.63) is 34.9 Å². The zero-order valence-electron chi connectivity index (χ0n) is 11.1. The Balaban J connectivity index is 2.65. The summed E-state index contributed by atoms with van der Waals surface area (Å²) in [6, 6.07) is 9.81. The molecule has 0 spiro atoms. The van der Waals surface area contributed by atoms with Crippen molar-refractivity contribution in [2.75, 3.05) is 0 Å². The molecule has 0 fully saturated rings. The van der Waals surface area contributed by atoms with Crippen LogP contribution in [-0.4, -0.2) is 12.5 Å². The first-order valence-electron chi connectivity index (χ1n) is 5.92. The van der Waals surface area contributed by atoms with Gasteiger partial charge in [-0.1, -0.05) is 49.8 Å². The number of benzene rings is 1. The van der Waals surface area contributed by atoms with Crippen LogP contribution in [0, 0.1) is 6.07 Å². The molecule has 1 heterocycles. The maximum atomic E-state index is 3.51. The Kier molecular flexibility index (Phi) is 3.03. The van der Waals surface area contributed by atoms with Crippen LogP contribution in [0.25, 0.3) is 10.9 Å². The molecular formula is C14H19BrNSi. The van der Waals surface area contributed by atoms with Gasteiger partial charge in [0.1, 0.15) is 0 Å². The highest BCUT2D eigenvalue weighted by Gasteiger charge is 2.37. The molecule has 2 aromatic rings. The van der Waals surface area contributed by atoms with Gasteiger partial charge in [0.15, 0.2) is 8.24 Å². The first-order valence-corrected chi connectivity index (χ1v) is 9.66. The van der Waals surface area contributed by atoms with E-state index in [0.717, 1.165) is 4.47 Å². The van der Waals surface area contributed by atoms with Gasteiger partial charge >= 0.3 is 0 Å². The van der Waals surface area contributed by atoms with E-state index in [1.165, 1.54) is 10.9 Å². The lowest BCUT2D eigenvalue weighted by atomic mass is 10.2. The minimum atomic E-state index is -1.54. The van der Waals surface area contributed by atoms with E-state index in [0.29, 0.717) is 5.04 Å². The fraction of sp³-hybridized carbons (Fsp3) is 0.429. The van der Waals surface area contributed by atoms with Crippen LogP contribution in [0.2, 0.25) is 18.1 Å². The summed E-state index contributed by atoms with van der Waals surface area (Å²) >= 11 is 3.51. The highest BCUT2D eigenvalue weighted by molar-refractivity contribution is 9.10. The van der Waals surface area contributed by atoms with Crippen molar-refractivity contribution < 1.29 is 0 Å². The molecule has 0 bridgehead atoms. The van der Waals surface area contributed by atoms with Crippen molar-refractivity contribution in [3.63, 3.8) is 0 Å². The zero-order chi connectivity index (χ0) is 12.8. The average molecular weight is 309 g/mol. The van der Waals surface area contributed by atoms with Gasteiger partial charge in [-0.05, 0) is 23.2 Å². The molecule has 1 radical (unpaired) electrons. The van der Waals surface area contributed by atoms with Gasteiger partial charge in [-0.3, -0.25) is 0 Å². The van der Waals surface area contributed by atoms with Gasteiger partial charge < -0.3 is 4.23 Å². The summed E-state index contributed by atoms with van der Waals surface area (Å²) < 4.78 is 3.59. The summed E-state index contributed by atoms with van der Waals surface area (Å²) in [5, 5.41) is 1.53. The molecule has 0 saturated heterocycles. The largest absolute Gasteiger partial charge is 0.373 e. The molecule has 0 aliphatic rings. The van der Waals surface area contributed by atoms with Gasteiger partial charge in [-0.25, -0.2) is 0 Å². The van der Waals surface area contributed by atoms with E-state index < -0.39 is 8.24 Å². The van der Waals surface area contributed by atoms with E-state index in [4.69, 9.17) is 0 Å². The Morgan fingerprint density at radius 2 is 1.88 bits per heavy atom. The van der Waals surface area contributed by atoms with E-state index >= 15 is 0 Å². The minimum Gasteiger partial charge on any atom is -0.373 e. The van der Waals surface area contributed by atoms with E-state index in [1.54, 1.807) is 0 Å². The third kappa shape index (κ3) is 2.11. The normalized spacial score (nSPS) is 13.3.